The summed E-state index contributed by atoms with van der Waals surface area (Å²) in [4.78, 5) is 12.2. The predicted molar refractivity (Wildman–Crippen MR) is 124 cm³/mol. The van der Waals surface area contributed by atoms with Gasteiger partial charge in [-0.3, -0.25) is 4.57 Å². The van der Waals surface area contributed by atoms with Gasteiger partial charge in [-0.1, -0.05) is 73.6 Å². The Balaban J connectivity index is 1.80. The van der Waals surface area contributed by atoms with Crippen LogP contribution in [0.15, 0.2) is 53.7 Å². The maximum Gasteiger partial charge on any atom is 0.225 e. The van der Waals surface area contributed by atoms with E-state index in [4.69, 9.17) is 11.5 Å². The molecule has 2 aromatic heterocycles. The molecular formula is C22H24N8S. The van der Waals surface area contributed by atoms with E-state index in [1.54, 1.807) is 0 Å². The number of nitrogen functional groups attached to an aromatic ring is 2. The molecule has 31 heavy (non-hydrogen) atoms. The van der Waals surface area contributed by atoms with Crippen molar-refractivity contribution in [3.05, 3.63) is 65.5 Å². The van der Waals surface area contributed by atoms with Gasteiger partial charge in [0.1, 0.15) is 5.82 Å². The molecule has 0 saturated carbocycles. The van der Waals surface area contributed by atoms with Crippen molar-refractivity contribution in [3.63, 3.8) is 0 Å². The predicted octanol–water partition coefficient (Wildman–Crippen LogP) is 4.01. The van der Waals surface area contributed by atoms with Gasteiger partial charge in [0.15, 0.2) is 11.0 Å². The summed E-state index contributed by atoms with van der Waals surface area (Å²) < 4.78 is 2.10. The van der Waals surface area contributed by atoms with Crippen LogP contribution >= 0.6 is 11.8 Å². The monoisotopic (exact) mass is 432 g/mol. The molecular weight excluding hydrogens is 408 g/mol. The Morgan fingerprint density at radius 2 is 1.58 bits per heavy atom. The normalized spacial score (nSPS) is 11.2. The van der Waals surface area contributed by atoms with Gasteiger partial charge in [-0.25, -0.2) is 0 Å². The minimum Gasteiger partial charge on any atom is -0.368 e. The topological polar surface area (TPSA) is 121 Å². The lowest BCUT2D eigenvalue weighted by Crippen LogP contribution is -2.07. The molecule has 0 unspecified atom stereocenters. The number of hydrogen-bond donors (Lipinski definition) is 2. The molecule has 0 atom stereocenters. The van der Waals surface area contributed by atoms with Crippen LogP contribution in [-0.2, 0) is 5.75 Å². The highest BCUT2D eigenvalue weighted by molar-refractivity contribution is 7.98. The summed E-state index contributed by atoms with van der Waals surface area (Å²) in [6, 6.07) is 16.6. The Morgan fingerprint density at radius 3 is 2.26 bits per heavy atom. The average molecular weight is 433 g/mol. The molecule has 2 heterocycles. The van der Waals surface area contributed by atoms with Crippen LogP contribution in [-0.4, -0.2) is 29.7 Å². The molecule has 0 saturated heterocycles. The number of thioether (sulfide) groups is 1. The van der Waals surface area contributed by atoms with Crippen LogP contribution in [0.4, 0.5) is 11.9 Å². The number of benzene rings is 2. The van der Waals surface area contributed by atoms with Gasteiger partial charge < -0.3 is 11.5 Å². The first-order valence-corrected chi connectivity index (χ1v) is 10.9. The van der Waals surface area contributed by atoms with Crippen LogP contribution in [0.25, 0.3) is 17.1 Å². The van der Waals surface area contributed by atoms with Crippen LogP contribution in [0.2, 0.25) is 0 Å². The van der Waals surface area contributed by atoms with E-state index in [9.17, 15) is 0 Å². The van der Waals surface area contributed by atoms with Crippen LogP contribution in [0.3, 0.4) is 0 Å². The van der Waals surface area contributed by atoms with Crippen molar-refractivity contribution in [2.24, 2.45) is 0 Å². The number of aromatic nitrogens is 6. The fourth-order valence-electron chi connectivity index (χ4n) is 3.30. The largest absolute Gasteiger partial charge is 0.368 e. The van der Waals surface area contributed by atoms with E-state index >= 15 is 0 Å². The van der Waals surface area contributed by atoms with Crippen LogP contribution in [0.5, 0.6) is 0 Å². The number of anilines is 2. The second-order valence-corrected chi connectivity index (χ2v) is 8.42. The molecule has 0 fully saturated rings. The molecule has 0 radical (unpaired) electrons. The van der Waals surface area contributed by atoms with E-state index in [1.807, 2.05) is 6.07 Å². The van der Waals surface area contributed by atoms with Gasteiger partial charge >= 0.3 is 0 Å². The van der Waals surface area contributed by atoms with Crippen molar-refractivity contribution >= 4 is 23.7 Å². The minimum atomic E-state index is 0.107. The summed E-state index contributed by atoms with van der Waals surface area (Å²) in [6.07, 6.45) is 0. The molecule has 4 N–H and O–H groups in total. The van der Waals surface area contributed by atoms with E-state index in [0.717, 1.165) is 22.2 Å². The lowest BCUT2D eigenvalue weighted by molar-refractivity contribution is 0.818. The molecule has 4 aromatic rings. The smallest absolute Gasteiger partial charge is 0.225 e. The zero-order chi connectivity index (χ0) is 22.0. The van der Waals surface area contributed by atoms with Gasteiger partial charge in [-0.2, -0.15) is 15.0 Å². The summed E-state index contributed by atoms with van der Waals surface area (Å²) >= 11 is 1.48. The quantitative estimate of drug-likeness (QED) is 0.438. The summed E-state index contributed by atoms with van der Waals surface area (Å²) in [5.41, 5.74) is 15.9. The highest BCUT2D eigenvalue weighted by Gasteiger charge is 2.20. The third-order valence-electron chi connectivity index (χ3n) is 4.79. The first-order valence-electron chi connectivity index (χ1n) is 9.93. The molecule has 9 heteroatoms. The van der Waals surface area contributed by atoms with Crippen molar-refractivity contribution < 1.29 is 0 Å². The molecule has 0 aliphatic heterocycles. The Hall–Kier alpha value is -3.46. The number of rotatable bonds is 6. The van der Waals surface area contributed by atoms with E-state index in [0.29, 0.717) is 17.5 Å². The molecule has 0 aliphatic carbocycles. The number of nitrogens with two attached hydrogens (primary N) is 2. The molecule has 0 amide bonds. The average Bonchev–Trinajstić information content (AvgIpc) is 3.16. The summed E-state index contributed by atoms with van der Waals surface area (Å²) in [6.45, 7) is 6.42. The van der Waals surface area contributed by atoms with Gasteiger partial charge in [-0.15, -0.1) is 10.2 Å². The van der Waals surface area contributed by atoms with Crippen molar-refractivity contribution in [1.82, 2.24) is 29.7 Å². The maximum absolute atomic E-state index is 5.71. The fraction of sp³-hybridized carbons (Fsp3) is 0.227. The lowest BCUT2D eigenvalue weighted by atomic mass is 10.0. The van der Waals surface area contributed by atoms with Crippen LogP contribution < -0.4 is 11.5 Å². The van der Waals surface area contributed by atoms with E-state index in [1.165, 1.54) is 22.9 Å². The molecule has 2 aromatic carbocycles. The third-order valence-corrected chi connectivity index (χ3v) is 5.71. The molecule has 0 spiro atoms. The molecule has 4 rings (SSSR count). The van der Waals surface area contributed by atoms with Gasteiger partial charge in [0.25, 0.3) is 0 Å². The first-order chi connectivity index (χ1) is 14.9. The van der Waals surface area contributed by atoms with E-state index in [2.05, 4.69) is 93.0 Å². The minimum absolute atomic E-state index is 0.107. The van der Waals surface area contributed by atoms with Crippen molar-refractivity contribution in [2.45, 2.75) is 37.6 Å². The third kappa shape index (κ3) is 4.51. The molecule has 8 nitrogen and oxygen atoms in total. The Bertz CT molecular complexity index is 1180. The van der Waals surface area contributed by atoms with Crippen molar-refractivity contribution in [1.29, 1.82) is 0 Å². The van der Waals surface area contributed by atoms with E-state index < -0.39 is 0 Å². The number of aryl methyl sites for hydroxylation is 1. The molecule has 0 bridgehead atoms. The van der Waals surface area contributed by atoms with Crippen molar-refractivity contribution in [3.8, 4) is 17.1 Å². The van der Waals surface area contributed by atoms with Crippen molar-refractivity contribution in [2.75, 3.05) is 11.5 Å². The zero-order valence-corrected chi connectivity index (χ0v) is 18.5. The zero-order valence-electron chi connectivity index (χ0n) is 17.6. The summed E-state index contributed by atoms with van der Waals surface area (Å²) in [5, 5.41) is 9.76. The van der Waals surface area contributed by atoms with Crippen LogP contribution in [0, 0.1) is 6.92 Å². The Kier molecular flexibility index (Phi) is 5.85. The second kappa shape index (κ2) is 8.73. The van der Waals surface area contributed by atoms with Gasteiger partial charge in [-0.05, 0) is 24.5 Å². The number of hydrogen-bond acceptors (Lipinski definition) is 8. The first kappa shape index (κ1) is 20.8. The molecule has 0 aliphatic rings. The summed E-state index contributed by atoms with van der Waals surface area (Å²) in [7, 11) is 0. The highest BCUT2D eigenvalue weighted by atomic mass is 32.2. The summed E-state index contributed by atoms with van der Waals surface area (Å²) in [5.74, 6) is 2.27. The molecule has 158 valence electrons. The Labute approximate surface area is 185 Å². The number of nitrogens with zero attached hydrogens (tertiary/aromatic N) is 6. The lowest BCUT2D eigenvalue weighted by Gasteiger charge is -2.17. The maximum atomic E-state index is 5.71. The SMILES string of the molecule is Cc1ccc(-c2nnc(SCc3nc(N)nc(N)n3)n2-c2ccccc2C(C)C)cc1. The second-order valence-electron chi connectivity index (χ2n) is 7.48. The van der Waals surface area contributed by atoms with Gasteiger partial charge in [0.2, 0.25) is 11.9 Å². The van der Waals surface area contributed by atoms with Gasteiger partial charge in [0, 0.05) is 5.56 Å². The standard InChI is InChI=1S/C22H24N8S/c1-13(2)16-6-4-5-7-17(16)30-19(15-10-8-14(3)9-11-15)28-29-22(30)31-12-18-25-20(23)27-21(24)26-18/h4-11,13H,12H2,1-3H3,(H4,23,24,25,26,27). The Morgan fingerprint density at radius 1 is 0.903 bits per heavy atom. The van der Waals surface area contributed by atoms with Crippen LogP contribution in [0.1, 0.15) is 36.7 Å². The van der Waals surface area contributed by atoms with Gasteiger partial charge in [0.05, 0.1) is 11.4 Å². The number of para-hydroxylation sites is 1. The fourth-order valence-corrected chi connectivity index (χ4v) is 4.10. The highest BCUT2D eigenvalue weighted by Crippen LogP contribution is 2.33. The van der Waals surface area contributed by atoms with E-state index in [-0.39, 0.29) is 11.9 Å².